The van der Waals surface area contributed by atoms with Gasteiger partial charge in [-0.2, -0.15) is 0 Å². The molecule has 0 aromatic heterocycles. The number of methoxy groups -OCH3 is 1. The lowest BCUT2D eigenvalue weighted by molar-refractivity contribution is 0.0692. The molecule has 0 aliphatic carbocycles. The SMILES string of the molecule is COCCOCCNC(=O)c1ccc(Cl)c(S(=O)(=O)Cl)c1. The number of rotatable bonds is 8. The molecule has 0 heterocycles. The third-order valence-corrected chi connectivity index (χ3v) is 4.22. The molecule has 0 radical (unpaired) electrons. The van der Waals surface area contributed by atoms with Crippen LogP contribution in [0.3, 0.4) is 0 Å². The highest BCUT2D eigenvalue weighted by molar-refractivity contribution is 8.13. The van der Waals surface area contributed by atoms with Crippen LogP contribution in [-0.4, -0.2) is 47.8 Å². The van der Waals surface area contributed by atoms with Gasteiger partial charge in [0.1, 0.15) is 4.90 Å². The van der Waals surface area contributed by atoms with E-state index in [0.29, 0.717) is 19.8 Å². The van der Waals surface area contributed by atoms with Gasteiger partial charge >= 0.3 is 0 Å². The Bertz CT molecular complexity index is 591. The van der Waals surface area contributed by atoms with Crippen LogP contribution in [0.25, 0.3) is 0 Å². The Kier molecular flexibility index (Phi) is 7.41. The predicted molar refractivity (Wildman–Crippen MR) is 79.5 cm³/mol. The summed E-state index contributed by atoms with van der Waals surface area (Å²) in [6, 6.07) is 3.85. The van der Waals surface area contributed by atoms with E-state index in [4.69, 9.17) is 31.8 Å². The van der Waals surface area contributed by atoms with Crippen LogP contribution in [0.15, 0.2) is 23.1 Å². The van der Waals surface area contributed by atoms with Gasteiger partial charge in [0.25, 0.3) is 15.0 Å². The lowest BCUT2D eigenvalue weighted by atomic mass is 10.2. The first kappa shape index (κ1) is 18.2. The Labute approximate surface area is 132 Å². The quantitative estimate of drug-likeness (QED) is 0.566. The Morgan fingerprint density at radius 1 is 1.29 bits per heavy atom. The van der Waals surface area contributed by atoms with Gasteiger partial charge in [0.15, 0.2) is 0 Å². The molecule has 1 aromatic carbocycles. The van der Waals surface area contributed by atoms with Crippen molar-refractivity contribution >= 4 is 37.2 Å². The van der Waals surface area contributed by atoms with E-state index in [9.17, 15) is 13.2 Å². The van der Waals surface area contributed by atoms with Gasteiger partial charge in [-0.15, -0.1) is 0 Å². The van der Waals surface area contributed by atoms with Crippen LogP contribution in [0.4, 0.5) is 0 Å². The molecule has 0 fully saturated rings. The molecule has 1 rings (SSSR count). The number of hydrogen-bond donors (Lipinski definition) is 1. The fraction of sp³-hybridized carbons (Fsp3) is 0.417. The van der Waals surface area contributed by atoms with E-state index in [0.717, 1.165) is 6.07 Å². The van der Waals surface area contributed by atoms with Crippen molar-refractivity contribution in [3.63, 3.8) is 0 Å². The number of benzene rings is 1. The minimum atomic E-state index is -4.00. The Morgan fingerprint density at radius 3 is 2.62 bits per heavy atom. The van der Waals surface area contributed by atoms with Gasteiger partial charge in [-0.1, -0.05) is 11.6 Å². The van der Waals surface area contributed by atoms with Gasteiger partial charge in [-0.25, -0.2) is 8.42 Å². The number of nitrogens with one attached hydrogen (secondary N) is 1. The number of ether oxygens (including phenoxy) is 2. The summed E-state index contributed by atoms with van der Waals surface area (Å²) >= 11 is 5.73. The standard InChI is InChI=1S/C12H15Cl2NO5S/c1-19-6-7-20-5-4-15-12(16)9-2-3-10(13)11(8-9)21(14,17)18/h2-3,8H,4-7H2,1H3,(H,15,16). The summed E-state index contributed by atoms with van der Waals surface area (Å²) in [5, 5.41) is 2.55. The van der Waals surface area contributed by atoms with Gasteiger partial charge in [0.05, 0.1) is 24.8 Å². The summed E-state index contributed by atoms with van der Waals surface area (Å²) in [4.78, 5) is 11.6. The molecule has 0 bridgehead atoms. The largest absolute Gasteiger partial charge is 0.382 e. The van der Waals surface area contributed by atoms with Crippen LogP contribution in [0, 0.1) is 0 Å². The Morgan fingerprint density at radius 2 is 2.00 bits per heavy atom. The molecule has 0 spiro atoms. The fourth-order valence-corrected chi connectivity index (χ4v) is 2.91. The molecule has 1 N–H and O–H groups in total. The van der Waals surface area contributed by atoms with Crippen LogP contribution in [-0.2, 0) is 18.5 Å². The second kappa shape index (κ2) is 8.55. The summed E-state index contributed by atoms with van der Waals surface area (Å²) in [5.74, 6) is -0.441. The van der Waals surface area contributed by atoms with E-state index in [1.807, 2.05) is 0 Å². The predicted octanol–water partition coefficient (Wildman–Crippen LogP) is 1.66. The van der Waals surface area contributed by atoms with Crippen molar-refractivity contribution in [3.8, 4) is 0 Å². The average Bonchev–Trinajstić information content (AvgIpc) is 2.41. The summed E-state index contributed by atoms with van der Waals surface area (Å²) in [5.41, 5.74) is 0.149. The topological polar surface area (TPSA) is 81.7 Å². The van der Waals surface area contributed by atoms with E-state index in [1.165, 1.54) is 12.1 Å². The van der Waals surface area contributed by atoms with E-state index in [1.54, 1.807) is 7.11 Å². The zero-order chi connectivity index (χ0) is 15.9. The number of carbonyl (C=O) groups is 1. The molecule has 1 aromatic rings. The van der Waals surface area contributed by atoms with Crippen LogP contribution in [0.5, 0.6) is 0 Å². The molecule has 1 amide bonds. The highest BCUT2D eigenvalue weighted by Crippen LogP contribution is 2.25. The molecular weight excluding hydrogens is 341 g/mol. The molecule has 0 saturated carbocycles. The third-order valence-electron chi connectivity index (χ3n) is 2.42. The van der Waals surface area contributed by atoms with Crippen molar-refractivity contribution in [1.82, 2.24) is 5.32 Å². The van der Waals surface area contributed by atoms with Crippen LogP contribution >= 0.6 is 22.3 Å². The molecule has 6 nitrogen and oxygen atoms in total. The highest BCUT2D eigenvalue weighted by atomic mass is 35.7. The van der Waals surface area contributed by atoms with Gasteiger partial charge in [-0.3, -0.25) is 4.79 Å². The molecule has 0 unspecified atom stereocenters. The van der Waals surface area contributed by atoms with E-state index >= 15 is 0 Å². The van der Waals surface area contributed by atoms with Gasteiger partial charge < -0.3 is 14.8 Å². The van der Waals surface area contributed by atoms with Gasteiger partial charge in [0.2, 0.25) is 0 Å². The summed E-state index contributed by atoms with van der Waals surface area (Å²) in [6.45, 7) is 1.52. The zero-order valence-electron chi connectivity index (χ0n) is 11.3. The van der Waals surface area contributed by atoms with Gasteiger partial charge in [-0.05, 0) is 18.2 Å². The minimum Gasteiger partial charge on any atom is -0.382 e. The number of carbonyl (C=O) groups excluding carboxylic acids is 1. The van der Waals surface area contributed by atoms with Crippen molar-refractivity contribution in [1.29, 1.82) is 0 Å². The molecule has 21 heavy (non-hydrogen) atoms. The maximum absolute atomic E-state index is 11.9. The molecule has 0 saturated heterocycles. The molecule has 0 aliphatic rings. The lowest BCUT2D eigenvalue weighted by Crippen LogP contribution is -2.27. The molecular formula is C12H15Cl2NO5S. The number of hydrogen-bond acceptors (Lipinski definition) is 5. The van der Waals surface area contributed by atoms with Crippen molar-refractivity contribution in [2.75, 3.05) is 33.5 Å². The maximum atomic E-state index is 11.9. The van der Waals surface area contributed by atoms with Gasteiger partial charge in [0, 0.05) is 29.9 Å². The fourth-order valence-electron chi connectivity index (χ4n) is 1.41. The normalized spacial score (nSPS) is 11.4. The summed E-state index contributed by atoms with van der Waals surface area (Å²) in [7, 11) is 2.80. The van der Waals surface area contributed by atoms with Crippen LogP contribution in [0.1, 0.15) is 10.4 Å². The number of amides is 1. The second-order valence-corrected chi connectivity index (χ2v) is 6.89. The zero-order valence-corrected chi connectivity index (χ0v) is 13.6. The average molecular weight is 356 g/mol. The maximum Gasteiger partial charge on any atom is 0.262 e. The highest BCUT2D eigenvalue weighted by Gasteiger charge is 2.17. The first-order valence-electron chi connectivity index (χ1n) is 5.95. The molecule has 0 atom stereocenters. The van der Waals surface area contributed by atoms with E-state index in [-0.39, 0.29) is 22.0 Å². The summed E-state index contributed by atoms with van der Waals surface area (Å²) < 4.78 is 32.6. The van der Waals surface area contributed by atoms with Crippen molar-refractivity contribution < 1.29 is 22.7 Å². The number of halogens is 2. The first-order valence-corrected chi connectivity index (χ1v) is 8.64. The second-order valence-electron chi connectivity index (χ2n) is 3.94. The molecule has 9 heteroatoms. The Hall–Kier alpha value is -0.860. The van der Waals surface area contributed by atoms with E-state index < -0.39 is 15.0 Å². The van der Waals surface area contributed by atoms with Crippen LogP contribution < -0.4 is 5.32 Å². The monoisotopic (exact) mass is 355 g/mol. The Balaban J connectivity index is 2.59. The molecule has 118 valence electrons. The first-order chi connectivity index (χ1) is 9.86. The minimum absolute atomic E-state index is 0.0375. The van der Waals surface area contributed by atoms with Crippen molar-refractivity contribution in [3.05, 3.63) is 28.8 Å². The third kappa shape index (κ3) is 6.19. The molecule has 0 aliphatic heterocycles. The van der Waals surface area contributed by atoms with Crippen molar-refractivity contribution in [2.24, 2.45) is 0 Å². The summed E-state index contributed by atoms with van der Waals surface area (Å²) in [6.07, 6.45) is 0. The lowest BCUT2D eigenvalue weighted by Gasteiger charge is -2.07. The van der Waals surface area contributed by atoms with Crippen molar-refractivity contribution in [2.45, 2.75) is 4.90 Å². The van der Waals surface area contributed by atoms with Crippen LogP contribution in [0.2, 0.25) is 5.02 Å². The van der Waals surface area contributed by atoms with E-state index in [2.05, 4.69) is 5.32 Å². The smallest absolute Gasteiger partial charge is 0.262 e.